The van der Waals surface area contributed by atoms with Crippen molar-refractivity contribution in [2.24, 2.45) is 0 Å². The molecule has 0 bridgehead atoms. The molecule has 0 aliphatic carbocycles. The topological polar surface area (TPSA) is 132 Å². The molecule has 0 rings (SSSR count). The first-order valence-electron chi connectivity index (χ1n) is 21.9. The lowest BCUT2D eigenvalue weighted by atomic mass is 10.1. The molecule has 3 atom stereocenters. The third-order valence-corrected chi connectivity index (χ3v) is 9.83. The number of allylic oxidation sites excluding steroid dienone is 12. The van der Waals surface area contributed by atoms with E-state index in [-0.39, 0.29) is 13.0 Å². The number of phosphoric ester groups is 1. The normalized spacial score (nSPS) is 14.7. The summed E-state index contributed by atoms with van der Waals surface area (Å²) < 4.78 is 33.4. The average Bonchev–Trinajstić information content (AvgIpc) is 3.19. The van der Waals surface area contributed by atoms with Gasteiger partial charge in [-0.15, -0.1) is 0 Å². The molecule has 56 heavy (non-hydrogen) atoms. The number of hydrogen-bond donors (Lipinski definition) is 3. The van der Waals surface area contributed by atoms with Gasteiger partial charge in [0.25, 0.3) is 0 Å². The van der Waals surface area contributed by atoms with E-state index in [2.05, 4.69) is 86.8 Å². The minimum atomic E-state index is -4.53. The number of unbranched alkanes of at least 4 members (excludes halogenated alkanes) is 15. The van der Waals surface area contributed by atoms with E-state index in [1.54, 1.807) is 0 Å². The summed E-state index contributed by atoms with van der Waals surface area (Å²) in [6.45, 7) is 3.32. The summed E-state index contributed by atoms with van der Waals surface area (Å²) in [5.74, 6) is -0.406. The van der Waals surface area contributed by atoms with Crippen molar-refractivity contribution in [1.29, 1.82) is 0 Å². The largest absolute Gasteiger partial charge is 0.472 e. The van der Waals surface area contributed by atoms with Gasteiger partial charge in [0.1, 0.15) is 12.2 Å². The SMILES string of the molecule is CC/C=C\C/C=C\C/C=C\CCCCCCCC(=O)OC(COCCCCCCCCC/C=C\C/C=C\C/C=C\CCCCC)COP(=O)(O)OCC(O)CO. The first-order valence-corrected chi connectivity index (χ1v) is 23.4. The van der Waals surface area contributed by atoms with Crippen LogP contribution in [-0.4, -0.2) is 66.3 Å². The predicted octanol–water partition coefficient (Wildman–Crippen LogP) is 12.1. The van der Waals surface area contributed by atoms with Gasteiger partial charge in [-0.2, -0.15) is 0 Å². The molecule has 0 radical (unpaired) electrons. The van der Waals surface area contributed by atoms with Gasteiger partial charge in [-0.3, -0.25) is 13.8 Å². The lowest BCUT2D eigenvalue weighted by Gasteiger charge is -2.20. The second kappa shape index (κ2) is 42.5. The number of aliphatic hydroxyl groups is 2. The maximum absolute atomic E-state index is 12.6. The van der Waals surface area contributed by atoms with Crippen LogP contribution in [0.25, 0.3) is 0 Å². The van der Waals surface area contributed by atoms with Crippen molar-refractivity contribution in [2.75, 3.05) is 33.0 Å². The smallest absolute Gasteiger partial charge is 0.457 e. The number of hydrogen-bond acceptors (Lipinski definition) is 8. The van der Waals surface area contributed by atoms with Gasteiger partial charge in [-0.05, 0) is 83.5 Å². The lowest BCUT2D eigenvalue weighted by molar-refractivity contribution is -0.154. The fraction of sp³-hybridized carbons (Fsp3) is 0.717. The van der Waals surface area contributed by atoms with Crippen LogP contribution in [0.2, 0.25) is 0 Å². The zero-order chi connectivity index (χ0) is 41.1. The summed E-state index contributed by atoms with van der Waals surface area (Å²) >= 11 is 0. The Hall–Kier alpha value is -2.10. The van der Waals surface area contributed by atoms with Crippen molar-refractivity contribution in [3.8, 4) is 0 Å². The average molecular weight is 809 g/mol. The molecule has 0 amide bonds. The first kappa shape index (κ1) is 53.9. The van der Waals surface area contributed by atoms with Crippen LogP contribution in [0.15, 0.2) is 72.9 Å². The Balaban J connectivity index is 4.21. The monoisotopic (exact) mass is 809 g/mol. The Morgan fingerprint density at radius 2 is 1.02 bits per heavy atom. The number of rotatable bonds is 41. The fourth-order valence-corrected chi connectivity index (χ4v) is 6.34. The standard InChI is InChI=1S/C46H81O9P/c1-3-5-7-9-11-13-15-17-19-20-21-22-23-25-27-29-31-33-35-37-39-52-42-45(43-54-56(50,51)53-41-44(48)40-47)55-46(49)38-36-34-32-30-28-26-24-18-16-14-12-10-8-6-4-2/h6,8,11-14,17-19,21-22,24,44-45,47-48H,3-5,7,9-10,15-16,20,23,25-43H2,1-2H3,(H,50,51)/b8-6-,13-11-,14-12-,19-17-,22-21-,24-18-. The number of aliphatic hydroxyl groups excluding tert-OH is 2. The van der Waals surface area contributed by atoms with Gasteiger partial charge in [0.2, 0.25) is 0 Å². The highest BCUT2D eigenvalue weighted by molar-refractivity contribution is 7.47. The predicted molar refractivity (Wildman–Crippen MR) is 233 cm³/mol. The molecule has 0 saturated carbocycles. The third kappa shape index (κ3) is 41.5. The third-order valence-electron chi connectivity index (χ3n) is 8.88. The Labute approximate surface area is 342 Å². The molecule has 3 N–H and O–H groups in total. The van der Waals surface area contributed by atoms with E-state index in [0.29, 0.717) is 13.0 Å². The van der Waals surface area contributed by atoms with Crippen LogP contribution in [0.3, 0.4) is 0 Å². The van der Waals surface area contributed by atoms with Crippen molar-refractivity contribution in [2.45, 2.75) is 180 Å². The minimum absolute atomic E-state index is 0.0315. The van der Waals surface area contributed by atoms with Gasteiger partial charge in [-0.1, -0.05) is 151 Å². The second-order valence-electron chi connectivity index (χ2n) is 14.3. The number of carbonyl (C=O) groups is 1. The molecule has 0 aromatic rings. The van der Waals surface area contributed by atoms with Crippen LogP contribution >= 0.6 is 7.82 Å². The molecule has 0 aliphatic rings. The molecule has 9 nitrogen and oxygen atoms in total. The maximum Gasteiger partial charge on any atom is 0.472 e. The Bertz CT molecular complexity index is 1100. The maximum atomic E-state index is 12.6. The van der Waals surface area contributed by atoms with E-state index in [1.807, 2.05) is 0 Å². The van der Waals surface area contributed by atoms with E-state index in [9.17, 15) is 19.4 Å². The second-order valence-corrected chi connectivity index (χ2v) is 15.8. The number of ether oxygens (including phenoxy) is 2. The highest BCUT2D eigenvalue weighted by Gasteiger charge is 2.26. The number of esters is 1. The van der Waals surface area contributed by atoms with E-state index in [0.717, 1.165) is 89.9 Å². The molecule has 0 aromatic carbocycles. The zero-order valence-electron chi connectivity index (χ0n) is 35.3. The van der Waals surface area contributed by atoms with E-state index >= 15 is 0 Å². The Morgan fingerprint density at radius 1 is 0.571 bits per heavy atom. The Kier molecular flexibility index (Phi) is 40.9. The van der Waals surface area contributed by atoms with Crippen molar-refractivity contribution in [3.63, 3.8) is 0 Å². The summed E-state index contributed by atoms with van der Waals surface area (Å²) in [6.07, 6.45) is 50.0. The van der Waals surface area contributed by atoms with E-state index in [4.69, 9.17) is 23.6 Å². The molecular weight excluding hydrogens is 727 g/mol. The van der Waals surface area contributed by atoms with Crippen LogP contribution in [0.4, 0.5) is 0 Å². The van der Waals surface area contributed by atoms with Gasteiger partial charge < -0.3 is 24.6 Å². The summed E-state index contributed by atoms with van der Waals surface area (Å²) in [5.41, 5.74) is 0. The van der Waals surface area contributed by atoms with Gasteiger partial charge in [0.15, 0.2) is 0 Å². The van der Waals surface area contributed by atoms with Crippen LogP contribution in [0, 0.1) is 0 Å². The van der Waals surface area contributed by atoms with Crippen molar-refractivity contribution < 1.29 is 43.0 Å². The highest BCUT2D eigenvalue weighted by atomic mass is 31.2. The Morgan fingerprint density at radius 3 is 1.54 bits per heavy atom. The highest BCUT2D eigenvalue weighted by Crippen LogP contribution is 2.43. The van der Waals surface area contributed by atoms with E-state index < -0.39 is 45.8 Å². The number of carbonyl (C=O) groups excluding carboxylic acids is 1. The summed E-state index contributed by atoms with van der Waals surface area (Å²) in [7, 11) is -4.53. The molecule has 324 valence electrons. The molecule has 0 heterocycles. The minimum Gasteiger partial charge on any atom is -0.457 e. The number of phosphoric acid groups is 1. The molecule has 0 fully saturated rings. The summed E-state index contributed by atoms with van der Waals surface area (Å²) in [4.78, 5) is 22.6. The van der Waals surface area contributed by atoms with Crippen LogP contribution in [0.1, 0.15) is 168 Å². The van der Waals surface area contributed by atoms with Crippen LogP contribution < -0.4 is 0 Å². The van der Waals surface area contributed by atoms with Crippen LogP contribution in [-0.2, 0) is 27.9 Å². The summed E-state index contributed by atoms with van der Waals surface area (Å²) in [5, 5.41) is 18.3. The molecule has 10 heteroatoms. The van der Waals surface area contributed by atoms with Crippen molar-refractivity contribution in [3.05, 3.63) is 72.9 Å². The van der Waals surface area contributed by atoms with Gasteiger partial charge in [0, 0.05) is 13.0 Å². The van der Waals surface area contributed by atoms with Crippen molar-refractivity contribution >= 4 is 13.8 Å². The molecule has 0 aromatic heterocycles. The molecule has 0 aliphatic heterocycles. The zero-order valence-corrected chi connectivity index (χ0v) is 36.2. The first-order chi connectivity index (χ1) is 27.3. The molecular formula is C46H81O9P. The van der Waals surface area contributed by atoms with Gasteiger partial charge in [0.05, 0.1) is 26.4 Å². The summed E-state index contributed by atoms with van der Waals surface area (Å²) in [6, 6.07) is 0. The van der Waals surface area contributed by atoms with E-state index in [1.165, 1.54) is 51.4 Å². The lowest BCUT2D eigenvalue weighted by Crippen LogP contribution is -2.29. The van der Waals surface area contributed by atoms with Gasteiger partial charge >= 0.3 is 13.8 Å². The molecule has 0 saturated heterocycles. The van der Waals surface area contributed by atoms with Crippen molar-refractivity contribution in [1.82, 2.24) is 0 Å². The molecule has 0 spiro atoms. The van der Waals surface area contributed by atoms with Gasteiger partial charge in [-0.25, -0.2) is 4.57 Å². The van der Waals surface area contributed by atoms with Crippen LogP contribution in [0.5, 0.6) is 0 Å². The molecule has 3 unspecified atom stereocenters. The quantitative estimate of drug-likeness (QED) is 0.0239. The fourth-order valence-electron chi connectivity index (χ4n) is 5.55.